The first kappa shape index (κ1) is 8.88. The van der Waals surface area contributed by atoms with E-state index in [0.29, 0.717) is 0 Å². The van der Waals surface area contributed by atoms with Gasteiger partial charge in [0.1, 0.15) is 0 Å². The molecule has 0 aromatic rings. The van der Waals surface area contributed by atoms with Crippen LogP contribution in [0.15, 0.2) is 0 Å². The van der Waals surface area contributed by atoms with Gasteiger partial charge in [0.15, 0.2) is 0 Å². The monoisotopic (exact) mass is 331 g/mol. The number of hydrogen-bond acceptors (Lipinski definition) is 2. The molecular formula is AuO2Ru. The summed E-state index contributed by atoms with van der Waals surface area (Å²) >= 11 is -1.79. The van der Waals surface area contributed by atoms with E-state index in [2.05, 4.69) is 0 Å². The molecule has 0 aromatic heterocycles. The van der Waals surface area contributed by atoms with E-state index in [9.17, 15) is 0 Å². The molecule has 0 atom stereocenters. The summed E-state index contributed by atoms with van der Waals surface area (Å²) in [6.45, 7) is 0. The fraction of sp³-hybridized carbons (Fsp3) is 0. The van der Waals surface area contributed by atoms with E-state index in [0.717, 1.165) is 0 Å². The van der Waals surface area contributed by atoms with Crippen LogP contribution in [0.25, 0.3) is 0 Å². The Morgan fingerprint density at radius 1 is 1.25 bits per heavy atom. The van der Waals surface area contributed by atoms with Crippen LogP contribution in [-0.4, -0.2) is 0 Å². The minimum absolute atomic E-state index is 0. The minimum atomic E-state index is -1.79. The van der Waals surface area contributed by atoms with Gasteiger partial charge < -0.3 is 0 Å². The average molecular weight is 330 g/mol. The van der Waals surface area contributed by atoms with Crippen molar-refractivity contribution in [1.29, 1.82) is 0 Å². The first-order valence-corrected chi connectivity index (χ1v) is 1.71. The van der Waals surface area contributed by atoms with E-state index in [1.807, 2.05) is 0 Å². The van der Waals surface area contributed by atoms with E-state index < -0.39 is 17.0 Å². The Balaban J connectivity index is 0. The summed E-state index contributed by atoms with van der Waals surface area (Å²) in [4.78, 5) is 0. The van der Waals surface area contributed by atoms with E-state index >= 15 is 0 Å². The normalized spacial score (nSPS) is 4.00. The van der Waals surface area contributed by atoms with E-state index in [1.54, 1.807) is 0 Å². The van der Waals surface area contributed by atoms with Gasteiger partial charge in [-0.1, -0.05) is 0 Å². The molecule has 0 amide bonds. The van der Waals surface area contributed by atoms with E-state index in [-0.39, 0.29) is 22.4 Å². The third-order valence-corrected chi connectivity index (χ3v) is 0. The van der Waals surface area contributed by atoms with E-state index in [4.69, 9.17) is 7.15 Å². The van der Waals surface area contributed by atoms with Crippen molar-refractivity contribution in [2.75, 3.05) is 0 Å². The van der Waals surface area contributed by atoms with Crippen LogP contribution >= 0.6 is 0 Å². The van der Waals surface area contributed by atoms with Crippen LogP contribution in [-0.2, 0) is 46.6 Å². The van der Waals surface area contributed by atoms with Crippen molar-refractivity contribution < 1.29 is 46.6 Å². The van der Waals surface area contributed by atoms with Crippen LogP contribution in [0.4, 0.5) is 0 Å². The molecule has 2 nitrogen and oxygen atoms in total. The summed E-state index contributed by atoms with van der Waals surface area (Å²) in [6.07, 6.45) is 0. The molecule has 1 radical (unpaired) electrons. The second kappa shape index (κ2) is 9.03. The molecule has 0 bridgehead atoms. The molecule has 0 heterocycles. The average Bonchev–Trinajstić information content (AvgIpc) is 0.918. The van der Waals surface area contributed by atoms with Gasteiger partial charge >= 0.3 is 24.2 Å². The fourth-order valence-corrected chi connectivity index (χ4v) is 0. The van der Waals surface area contributed by atoms with Crippen molar-refractivity contribution in [3.8, 4) is 0 Å². The van der Waals surface area contributed by atoms with Crippen LogP contribution in [0, 0.1) is 0 Å². The quantitative estimate of drug-likeness (QED) is 0.575. The third-order valence-electron chi connectivity index (χ3n) is 0. The molecule has 0 aliphatic rings. The van der Waals surface area contributed by atoms with Gasteiger partial charge in [-0.15, -0.1) is 0 Å². The van der Waals surface area contributed by atoms with Gasteiger partial charge in [-0.2, -0.15) is 0 Å². The first-order valence-electron chi connectivity index (χ1n) is 0.289. The molecule has 31 valence electrons. The van der Waals surface area contributed by atoms with Crippen molar-refractivity contribution in [3.05, 3.63) is 0 Å². The Bertz CT molecular complexity index is 27.0. The molecule has 0 aromatic carbocycles. The SMILES string of the molecule is [Au].[O]=[Ru]=[O]. The van der Waals surface area contributed by atoms with Gasteiger partial charge in [-0.25, -0.2) is 0 Å². The molecule has 0 saturated carbocycles. The van der Waals surface area contributed by atoms with Crippen LogP contribution in [0.5, 0.6) is 0 Å². The molecule has 0 saturated heterocycles. The Hall–Kier alpha value is 0.964. The maximum atomic E-state index is 8.46. The van der Waals surface area contributed by atoms with Gasteiger partial charge in [-0.05, 0) is 0 Å². The summed E-state index contributed by atoms with van der Waals surface area (Å²) < 4.78 is 16.9. The van der Waals surface area contributed by atoms with Crippen LogP contribution < -0.4 is 0 Å². The Kier molecular flexibility index (Phi) is 20.0. The number of rotatable bonds is 0. The molecule has 0 N–H and O–H groups in total. The van der Waals surface area contributed by atoms with Crippen LogP contribution in [0.3, 0.4) is 0 Å². The topological polar surface area (TPSA) is 34.1 Å². The fourth-order valence-electron chi connectivity index (χ4n) is 0. The third kappa shape index (κ3) is 12.3. The molecule has 0 fully saturated rings. The van der Waals surface area contributed by atoms with Crippen molar-refractivity contribution in [2.45, 2.75) is 0 Å². The van der Waals surface area contributed by atoms with Crippen molar-refractivity contribution in [3.63, 3.8) is 0 Å². The second-order valence-corrected chi connectivity index (χ2v) is 0.349. The summed E-state index contributed by atoms with van der Waals surface area (Å²) in [5.74, 6) is 0. The molecule has 0 rings (SSSR count). The van der Waals surface area contributed by atoms with Crippen LogP contribution in [0.1, 0.15) is 0 Å². The predicted octanol–water partition coefficient (Wildman–Crippen LogP) is -0.243. The van der Waals surface area contributed by atoms with Crippen molar-refractivity contribution >= 4 is 0 Å². The van der Waals surface area contributed by atoms with Crippen molar-refractivity contribution in [1.82, 2.24) is 0 Å². The van der Waals surface area contributed by atoms with Crippen LogP contribution in [0.2, 0.25) is 0 Å². The first-order chi connectivity index (χ1) is 1.41. The molecule has 4 heteroatoms. The number of hydrogen-bond donors (Lipinski definition) is 0. The summed E-state index contributed by atoms with van der Waals surface area (Å²) in [7, 11) is 0. The van der Waals surface area contributed by atoms with Crippen molar-refractivity contribution in [2.24, 2.45) is 0 Å². The molecule has 0 aliphatic heterocycles. The summed E-state index contributed by atoms with van der Waals surface area (Å²) in [6, 6.07) is 0. The molecule has 0 unspecified atom stereocenters. The zero-order chi connectivity index (χ0) is 2.71. The van der Waals surface area contributed by atoms with E-state index in [1.165, 1.54) is 0 Å². The zero-order valence-corrected chi connectivity index (χ0v) is 5.38. The summed E-state index contributed by atoms with van der Waals surface area (Å²) in [5.41, 5.74) is 0. The molecular weight excluding hydrogens is 330 g/mol. The molecule has 4 heavy (non-hydrogen) atoms. The Labute approximate surface area is 46.6 Å². The second-order valence-electron chi connectivity index (χ2n) is 0.0589. The predicted molar refractivity (Wildman–Crippen MR) is 1.37 cm³/mol. The molecule has 0 aliphatic carbocycles. The van der Waals surface area contributed by atoms with Gasteiger partial charge in [0.05, 0.1) is 0 Å². The maximum absolute atomic E-state index is 8.46. The summed E-state index contributed by atoms with van der Waals surface area (Å²) in [5, 5.41) is 0. The van der Waals surface area contributed by atoms with Gasteiger partial charge in [0, 0.05) is 22.4 Å². The standard InChI is InChI=1S/Au.2O.Ru. The van der Waals surface area contributed by atoms with Gasteiger partial charge in [-0.3, -0.25) is 0 Å². The van der Waals surface area contributed by atoms with Gasteiger partial charge in [0.2, 0.25) is 0 Å². The molecule has 0 spiro atoms. The zero-order valence-electron chi connectivity index (χ0n) is 1.47. The Morgan fingerprint density at radius 3 is 1.25 bits per heavy atom. The van der Waals surface area contributed by atoms with Gasteiger partial charge in [0.25, 0.3) is 0 Å². The Morgan fingerprint density at radius 2 is 1.25 bits per heavy atom.